The van der Waals surface area contributed by atoms with Gasteiger partial charge in [-0.2, -0.15) is 0 Å². The summed E-state index contributed by atoms with van der Waals surface area (Å²) >= 11 is 5.74. The molecular formula is C18H13ClN2O8. The Labute approximate surface area is 168 Å². The number of hydrogen-bond acceptors (Lipinski definition) is 8. The van der Waals surface area contributed by atoms with Crippen LogP contribution in [0.5, 0.6) is 5.75 Å². The summed E-state index contributed by atoms with van der Waals surface area (Å²) in [7, 11) is 0. The topological polar surface area (TPSA) is 131 Å². The van der Waals surface area contributed by atoms with E-state index in [4.69, 9.17) is 25.8 Å². The van der Waals surface area contributed by atoms with Crippen molar-refractivity contribution in [3.63, 3.8) is 0 Å². The van der Waals surface area contributed by atoms with Crippen molar-refractivity contribution >= 4 is 35.0 Å². The highest BCUT2D eigenvalue weighted by atomic mass is 35.5. The maximum absolute atomic E-state index is 12.0. The van der Waals surface area contributed by atoms with Gasteiger partial charge in [0.2, 0.25) is 0 Å². The monoisotopic (exact) mass is 420 g/mol. The first-order chi connectivity index (χ1) is 13.8. The molecule has 0 spiro atoms. The summed E-state index contributed by atoms with van der Waals surface area (Å²) in [5.41, 5.74) is 0.742. The van der Waals surface area contributed by atoms with E-state index in [-0.39, 0.29) is 36.4 Å². The molecule has 1 aliphatic heterocycles. The second kappa shape index (κ2) is 8.67. The Bertz CT molecular complexity index is 1020. The summed E-state index contributed by atoms with van der Waals surface area (Å²) in [5, 5.41) is 22.0. The first kappa shape index (κ1) is 20.2. The van der Waals surface area contributed by atoms with Crippen LogP contribution in [0.1, 0.15) is 16.7 Å². The lowest BCUT2D eigenvalue weighted by atomic mass is 10.1. The van der Waals surface area contributed by atoms with E-state index in [0.717, 1.165) is 6.08 Å². The number of carbonyl (C=O) groups excluding carboxylic acids is 1. The molecule has 0 saturated carbocycles. The zero-order chi connectivity index (χ0) is 21.0. The van der Waals surface area contributed by atoms with Crippen LogP contribution in [0.3, 0.4) is 0 Å². The van der Waals surface area contributed by atoms with E-state index in [2.05, 4.69) is 0 Å². The number of esters is 1. The number of hydrogen-bond donors (Lipinski definition) is 0. The number of carbonyl (C=O) groups is 1. The van der Waals surface area contributed by atoms with Crippen molar-refractivity contribution in [2.45, 2.75) is 13.2 Å². The fraction of sp³-hybridized carbons (Fsp3) is 0.167. The van der Waals surface area contributed by atoms with Crippen molar-refractivity contribution in [3.05, 3.63) is 78.3 Å². The molecule has 11 heteroatoms. The normalized spacial score (nSPS) is 12.9. The Kier molecular flexibility index (Phi) is 6.05. The van der Waals surface area contributed by atoms with Gasteiger partial charge in [0.15, 0.2) is 6.79 Å². The lowest BCUT2D eigenvalue weighted by Crippen LogP contribution is -2.14. The van der Waals surface area contributed by atoms with Gasteiger partial charge in [-0.3, -0.25) is 20.2 Å². The summed E-state index contributed by atoms with van der Waals surface area (Å²) in [6, 6.07) is 6.68. The zero-order valence-corrected chi connectivity index (χ0v) is 15.5. The highest BCUT2D eigenvalue weighted by Gasteiger charge is 2.21. The van der Waals surface area contributed by atoms with Crippen LogP contribution in [0.4, 0.5) is 11.4 Å². The first-order valence-corrected chi connectivity index (χ1v) is 8.52. The average Bonchev–Trinajstić information content (AvgIpc) is 2.70. The van der Waals surface area contributed by atoms with Crippen LogP contribution in [0, 0.1) is 20.2 Å². The number of fused-ring (bicyclic) bond motifs is 1. The molecule has 0 atom stereocenters. The summed E-state index contributed by atoms with van der Waals surface area (Å²) in [5.74, 6) is -0.359. The molecule has 0 saturated heterocycles. The van der Waals surface area contributed by atoms with E-state index in [9.17, 15) is 25.0 Å². The number of halogens is 1. The molecule has 0 amide bonds. The summed E-state index contributed by atoms with van der Waals surface area (Å²) in [6.45, 7) is -0.123. The third-order valence-corrected chi connectivity index (χ3v) is 4.25. The van der Waals surface area contributed by atoms with Crippen molar-refractivity contribution < 1.29 is 28.9 Å². The molecule has 150 valence electrons. The summed E-state index contributed by atoms with van der Waals surface area (Å²) in [6.07, 6.45) is 2.42. The predicted molar refractivity (Wildman–Crippen MR) is 100 cm³/mol. The molecule has 1 aliphatic rings. The fourth-order valence-corrected chi connectivity index (χ4v) is 2.81. The number of rotatable bonds is 6. The van der Waals surface area contributed by atoms with Crippen LogP contribution < -0.4 is 4.74 Å². The van der Waals surface area contributed by atoms with Gasteiger partial charge in [-0.05, 0) is 17.7 Å². The molecule has 29 heavy (non-hydrogen) atoms. The minimum Gasteiger partial charge on any atom is -0.467 e. The van der Waals surface area contributed by atoms with Gasteiger partial charge in [-0.1, -0.05) is 17.7 Å². The Hall–Kier alpha value is -3.50. The number of nitro groups is 2. The largest absolute Gasteiger partial charge is 0.467 e. The van der Waals surface area contributed by atoms with Gasteiger partial charge in [-0.15, -0.1) is 0 Å². The maximum atomic E-state index is 12.0. The Morgan fingerprint density at radius 1 is 1.21 bits per heavy atom. The van der Waals surface area contributed by atoms with Gasteiger partial charge in [0.05, 0.1) is 16.5 Å². The van der Waals surface area contributed by atoms with E-state index in [0.29, 0.717) is 22.4 Å². The lowest BCUT2D eigenvalue weighted by molar-refractivity contribution is -0.385. The lowest BCUT2D eigenvalue weighted by Gasteiger charge is -2.20. The molecule has 0 aliphatic carbocycles. The van der Waals surface area contributed by atoms with Gasteiger partial charge >= 0.3 is 5.97 Å². The Morgan fingerprint density at radius 3 is 2.72 bits per heavy atom. The average molecular weight is 421 g/mol. The standard InChI is InChI=1S/C18H13ClN2O8/c19-15-3-1-11(5-16(15)21(25)26)2-4-17(22)28-9-13-7-14(20(23)24)6-12-8-27-10-29-18(12)13/h1-7H,8-10H2/b4-2+. The van der Waals surface area contributed by atoms with E-state index < -0.39 is 15.8 Å². The molecule has 3 rings (SSSR count). The van der Waals surface area contributed by atoms with Gasteiger partial charge in [-0.25, -0.2) is 4.79 Å². The minimum atomic E-state index is -0.741. The molecule has 2 aromatic carbocycles. The van der Waals surface area contributed by atoms with Crippen LogP contribution in [-0.2, 0) is 27.5 Å². The molecule has 0 aromatic heterocycles. The van der Waals surface area contributed by atoms with Crippen LogP contribution in [0.2, 0.25) is 5.02 Å². The van der Waals surface area contributed by atoms with Gasteiger partial charge < -0.3 is 14.2 Å². The number of non-ortho nitro benzene ring substituents is 1. The highest BCUT2D eigenvalue weighted by molar-refractivity contribution is 6.32. The predicted octanol–water partition coefficient (Wildman–Crippen LogP) is 3.78. The van der Waals surface area contributed by atoms with Gasteiger partial charge in [0, 0.05) is 35.4 Å². The minimum absolute atomic E-state index is 0.0129. The third kappa shape index (κ3) is 4.86. The molecule has 0 bridgehead atoms. The fourth-order valence-electron chi connectivity index (χ4n) is 2.63. The van der Waals surface area contributed by atoms with Crippen molar-refractivity contribution in [2.75, 3.05) is 6.79 Å². The van der Waals surface area contributed by atoms with Gasteiger partial charge in [0.1, 0.15) is 17.4 Å². The van der Waals surface area contributed by atoms with E-state index >= 15 is 0 Å². The smallest absolute Gasteiger partial charge is 0.331 e. The molecule has 0 radical (unpaired) electrons. The van der Waals surface area contributed by atoms with Crippen LogP contribution in [-0.4, -0.2) is 22.6 Å². The zero-order valence-electron chi connectivity index (χ0n) is 14.7. The van der Waals surface area contributed by atoms with E-state index in [1.54, 1.807) is 0 Å². The van der Waals surface area contributed by atoms with Crippen LogP contribution >= 0.6 is 11.6 Å². The highest BCUT2D eigenvalue weighted by Crippen LogP contribution is 2.33. The van der Waals surface area contributed by atoms with Crippen molar-refractivity contribution in [1.82, 2.24) is 0 Å². The van der Waals surface area contributed by atoms with Crippen LogP contribution in [0.25, 0.3) is 6.08 Å². The number of ether oxygens (including phenoxy) is 3. The SMILES string of the molecule is O=C(/C=C/c1ccc(Cl)c([N+](=O)[O-])c1)OCc1cc([N+](=O)[O-])cc2c1OCOC2. The molecule has 10 nitrogen and oxygen atoms in total. The summed E-state index contributed by atoms with van der Waals surface area (Å²) < 4.78 is 15.6. The van der Waals surface area contributed by atoms with Gasteiger partial charge in [0.25, 0.3) is 11.4 Å². The van der Waals surface area contributed by atoms with Crippen molar-refractivity contribution in [3.8, 4) is 5.75 Å². The van der Waals surface area contributed by atoms with Crippen molar-refractivity contribution in [1.29, 1.82) is 0 Å². The number of benzene rings is 2. The number of nitrogens with zero attached hydrogens (tertiary/aromatic N) is 2. The Balaban J connectivity index is 1.72. The maximum Gasteiger partial charge on any atom is 0.331 e. The molecule has 0 N–H and O–H groups in total. The third-order valence-electron chi connectivity index (χ3n) is 3.93. The molecule has 0 fully saturated rings. The number of nitro benzene ring substituents is 2. The second-order valence-corrected chi connectivity index (χ2v) is 6.28. The Morgan fingerprint density at radius 2 is 2.00 bits per heavy atom. The van der Waals surface area contributed by atoms with E-state index in [1.165, 1.54) is 36.4 Å². The van der Waals surface area contributed by atoms with E-state index in [1.807, 2.05) is 0 Å². The molecule has 1 heterocycles. The quantitative estimate of drug-likeness (QED) is 0.298. The molecule has 2 aromatic rings. The first-order valence-electron chi connectivity index (χ1n) is 8.14. The van der Waals surface area contributed by atoms with Crippen molar-refractivity contribution in [2.24, 2.45) is 0 Å². The molecular weight excluding hydrogens is 408 g/mol. The molecule has 0 unspecified atom stereocenters. The second-order valence-electron chi connectivity index (χ2n) is 5.87. The summed E-state index contributed by atoms with van der Waals surface area (Å²) in [4.78, 5) is 32.8. The van der Waals surface area contributed by atoms with Crippen LogP contribution in [0.15, 0.2) is 36.4 Å².